The molecule has 2 heterocycles. The Labute approximate surface area is 239 Å². The topological polar surface area (TPSA) is 79.5 Å². The van der Waals surface area contributed by atoms with Crippen LogP contribution in [0.25, 0.3) is 11.4 Å². The van der Waals surface area contributed by atoms with E-state index in [1.807, 2.05) is 79.7 Å². The Morgan fingerprint density at radius 3 is 2.40 bits per heavy atom. The molecular weight excluding hydrogens is 524 g/mol. The molecule has 0 aliphatic carbocycles. The Balaban J connectivity index is 1.38. The number of likely N-dealkylation sites (tertiary alicyclic amines) is 1. The highest BCUT2D eigenvalue weighted by Gasteiger charge is 2.34. The monoisotopic (exact) mass is 556 g/mol. The zero-order valence-corrected chi connectivity index (χ0v) is 23.3. The van der Waals surface area contributed by atoms with Crippen molar-refractivity contribution in [3.05, 3.63) is 107 Å². The number of carbonyl (C=O) groups excluding carboxylic acids is 2. The van der Waals surface area contributed by atoms with Crippen LogP contribution >= 0.6 is 11.6 Å². The van der Waals surface area contributed by atoms with Gasteiger partial charge in [-0.25, -0.2) is 0 Å². The summed E-state index contributed by atoms with van der Waals surface area (Å²) in [5.74, 6) is 0.368. The minimum absolute atomic E-state index is 0.0221. The predicted molar refractivity (Wildman–Crippen MR) is 154 cm³/mol. The molecule has 2 atom stereocenters. The molecule has 1 aliphatic heterocycles. The third kappa shape index (κ3) is 6.42. The predicted octanol–water partition coefficient (Wildman–Crippen LogP) is 6.67. The van der Waals surface area contributed by atoms with Gasteiger partial charge in [0.1, 0.15) is 12.6 Å². The number of benzene rings is 3. The van der Waals surface area contributed by atoms with E-state index in [1.165, 1.54) is 0 Å². The molecule has 1 aliphatic rings. The lowest BCUT2D eigenvalue weighted by Crippen LogP contribution is -2.46. The Morgan fingerprint density at radius 2 is 1.70 bits per heavy atom. The molecule has 0 spiro atoms. The minimum atomic E-state index is -0.334. The van der Waals surface area contributed by atoms with Gasteiger partial charge in [0.15, 0.2) is 0 Å². The van der Waals surface area contributed by atoms with Crippen LogP contribution in [0.2, 0.25) is 5.02 Å². The first kappa shape index (κ1) is 27.6. The summed E-state index contributed by atoms with van der Waals surface area (Å²) in [6.45, 7) is 2.91. The van der Waals surface area contributed by atoms with Gasteiger partial charge in [0.05, 0.1) is 5.92 Å². The van der Waals surface area contributed by atoms with Crippen molar-refractivity contribution >= 4 is 23.4 Å². The molecule has 3 aromatic carbocycles. The standard InChI is InChI=1S/C32H33ClN4O3/c1-2-27(24-13-7-4-8-14-24)32(39)36(21-23-11-5-3-6-12-23)22-29(38)37-20-10-9-15-28(37)31-34-30(35-40-31)25-16-18-26(33)19-17-25/h3-8,11-14,16-19,27-28H,2,9-10,15,20-22H2,1H3/t27-,28-/m0/s1. The average molecular weight is 557 g/mol. The number of amides is 2. The highest BCUT2D eigenvalue weighted by molar-refractivity contribution is 6.30. The molecule has 0 radical (unpaired) electrons. The summed E-state index contributed by atoms with van der Waals surface area (Å²) in [6, 6.07) is 26.5. The normalized spacial score (nSPS) is 15.9. The molecule has 1 saturated heterocycles. The highest BCUT2D eigenvalue weighted by atomic mass is 35.5. The van der Waals surface area contributed by atoms with Gasteiger partial charge in [0.2, 0.25) is 23.5 Å². The van der Waals surface area contributed by atoms with Crippen molar-refractivity contribution in [1.82, 2.24) is 19.9 Å². The van der Waals surface area contributed by atoms with E-state index in [-0.39, 0.29) is 30.3 Å². The fourth-order valence-corrected chi connectivity index (χ4v) is 5.43. The van der Waals surface area contributed by atoms with Gasteiger partial charge in [-0.3, -0.25) is 9.59 Å². The molecule has 2 amide bonds. The van der Waals surface area contributed by atoms with Crippen LogP contribution in [0.4, 0.5) is 0 Å². The number of hydrogen-bond acceptors (Lipinski definition) is 5. The van der Waals surface area contributed by atoms with Crippen molar-refractivity contribution in [2.24, 2.45) is 0 Å². The molecule has 0 saturated carbocycles. The van der Waals surface area contributed by atoms with E-state index >= 15 is 0 Å². The third-order valence-corrected chi connectivity index (χ3v) is 7.67. The first-order chi connectivity index (χ1) is 19.5. The van der Waals surface area contributed by atoms with Crippen LogP contribution in [-0.4, -0.2) is 44.8 Å². The number of nitrogens with zero attached hydrogens (tertiary/aromatic N) is 4. The van der Waals surface area contributed by atoms with Crippen molar-refractivity contribution in [3.8, 4) is 11.4 Å². The second-order valence-corrected chi connectivity index (χ2v) is 10.5. The molecule has 4 aromatic rings. The number of halogens is 1. The number of carbonyl (C=O) groups is 2. The molecule has 5 rings (SSSR count). The Bertz CT molecular complexity index is 1410. The van der Waals surface area contributed by atoms with Crippen molar-refractivity contribution in [1.29, 1.82) is 0 Å². The number of hydrogen-bond donors (Lipinski definition) is 0. The van der Waals surface area contributed by atoms with Crippen molar-refractivity contribution in [2.45, 2.75) is 51.1 Å². The van der Waals surface area contributed by atoms with Gasteiger partial charge in [0, 0.05) is 23.7 Å². The first-order valence-electron chi connectivity index (χ1n) is 13.8. The SMILES string of the molecule is CC[C@H](C(=O)N(CC(=O)N1CCCC[C@H]1c1nc(-c2ccc(Cl)cc2)no1)Cc1ccccc1)c1ccccc1. The summed E-state index contributed by atoms with van der Waals surface area (Å²) in [7, 11) is 0. The van der Waals surface area contributed by atoms with Crippen molar-refractivity contribution in [3.63, 3.8) is 0 Å². The molecule has 40 heavy (non-hydrogen) atoms. The molecule has 1 aromatic heterocycles. The van der Waals surface area contributed by atoms with Crippen LogP contribution in [0.15, 0.2) is 89.5 Å². The molecule has 7 nitrogen and oxygen atoms in total. The van der Waals surface area contributed by atoms with E-state index in [9.17, 15) is 9.59 Å². The van der Waals surface area contributed by atoms with E-state index in [0.29, 0.717) is 36.2 Å². The lowest BCUT2D eigenvalue weighted by Gasteiger charge is -2.35. The first-order valence-corrected chi connectivity index (χ1v) is 14.2. The van der Waals surface area contributed by atoms with Crippen LogP contribution in [0, 0.1) is 0 Å². The van der Waals surface area contributed by atoms with Crippen molar-refractivity contribution < 1.29 is 14.1 Å². The summed E-state index contributed by atoms with van der Waals surface area (Å²) in [6.07, 6.45) is 3.20. The van der Waals surface area contributed by atoms with Crippen molar-refractivity contribution in [2.75, 3.05) is 13.1 Å². The molecule has 206 valence electrons. The third-order valence-electron chi connectivity index (χ3n) is 7.41. The fraction of sp³-hybridized carbons (Fsp3) is 0.312. The van der Waals surface area contributed by atoms with Crippen LogP contribution in [0.1, 0.15) is 61.6 Å². The van der Waals surface area contributed by atoms with Gasteiger partial charge >= 0.3 is 0 Å². The van der Waals surface area contributed by atoms with E-state index in [4.69, 9.17) is 16.1 Å². The second-order valence-electron chi connectivity index (χ2n) is 10.1. The number of rotatable bonds is 9. The fourth-order valence-electron chi connectivity index (χ4n) is 5.30. The molecule has 0 bridgehead atoms. The molecule has 0 N–H and O–H groups in total. The zero-order chi connectivity index (χ0) is 27.9. The number of piperidine rings is 1. The van der Waals surface area contributed by atoms with E-state index < -0.39 is 0 Å². The summed E-state index contributed by atoms with van der Waals surface area (Å²) < 4.78 is 5.66. The maximum Gasteiger partial charge on any atom is 0.249 e. The summed E-state index contributed by atoms with van der Waals surface area (Å²) in [5, 5.41) is 4.79. The van der Waals surface area contributed by atoms with Crippen LogP contribution in [0.3, 0.4) is 0 Å². The van der Waals surface area contributed by atoms with Gasteiger partial charge in [-0.2, -0.15) is 4.98 Å². The van der Waals surface area contributed by atoms with Gasteiger partial charge < -0.3 is 14.3 Å². The molecule has 1 fully saturated rings. The summed E-state index contributed by atoms with van der Waals surface area (Å²) in [4.78, 5) is 35.9. The molecular formula is C32H33ClN4O3. The van der Waals surface area contributed by atoms with Gasteiger partial charge in [-0.05, 0) is 61.1 Å². The van der Waals surface area contributed by atoms with Gasteiger partial charge in [-0.15, -0.1) is 0 Å². The summed E-state index contributed by atoms with van der Waals surface area (Å²) >= 11 is 6.02. The quantitative estimate of drug-likeness (QED) is 0.230. The average Bonchev–Trinajstić information content (AvgIpc) is 3.49. The second kappa shape index (κ2) is 12.9. The highest BCUT2D eigenvalue weighted by Crippen LogP contribution is 2.32. The van der Waals surface area contributed by atoms with Gasteiger partial charge in [-0.1, -0.05) is 84.3 Å². The van der Waals surface area contributed by atoms with Crippen LogP contribution < -0.4 is 0 Å². The minimum Gasteiger partial charge on any atom is -0.337 e. The Kier molecular flexibility index (Phi) is 8.91. The van der Waals surface area contributed by atoms with Crippen LogP contribution in [-0.2, 0) is 16.1 Å². The van der Waals surface area contributed by atoms with E-state index in [0.717, 1.165) is 36.0 Å². The van der Waals surface area contributed by atoms with E-state index in [2.05, 4.69) is 10.1 Å². The molecule has 8 heteroatoms. The van der Waals surface area contributed by atoms with Gasteiger partial charge in [0.25, 0.3) is 0 Å². The Morgan fingerprint density at radius 1 is 1.00 bits per heavy atom. The zero-order valence-electron chi connectivity index (χ0n) is 22.6. The lowest BCUT2D eigenvalue weighted by atomic mass is 9.94. The maximum atomic E-state index is 13.9. The largest absolute Gasteiger partial charge is 0.337 e. The lowest BCUT2D eigenvalue weighted by molar-refractivity contribution is -0.144. The number of aromatic nitrogens is 2. The summed E-state index contributed by atoms with van der Waals surface area (Å²) in [5.41, 5.74) is 2.72. The Hall–Kier alpha value is -3.97. The van der Waals surface area contributed by atoms with E-state index in [1.54, 1.807) is 21.9 Å². The molecule has 0 unspecified atom stereocenters. The smallest absolute Gasteiger partial charge is 0.249 e. The maximum absolute atomic E-state index is 13.9. The van der Waals surface area contributed by atoms with Crippen LogP contribution in [0.5, 0.6) is 0 Å².